The summed E-state index contributed by atoms with van der Waals surface area (Å²) in [5.74, 6) is 2.61. The fourth-order valence-corrected chi connectivity index (χ4v) is 3.38. The lowest BCUT2D eigenvalue weighted by molar-refractivity contribution is 0.329. The molecule has 1 fully saturated rings. The zero-order valence-corrected chi connectivity index (χ0v) is 14.2. The highest BCUT2D eigenvalue weighted by molar-refractivity contribution is 5.42. The largest absolute Gasteiger partial charge is 0.493 e. The Morgan fingerprint density at radius 2 is 1.77 bits per heavy atom. The molecule has 1 aliphatic rings. The van der Waals surface area contributed by atoms with Crippen molar-refractivity contribution in [3.05, 3.63) is 23.8 Å². The van der Waals surface area contributed by atoms with Gasteiger partial charge in [0.2, 0.25) is 0 Å². The van der Waals surface area contributed by atoms with Crippen LogP contribution in [0.15, 0.2) is 18.2 Å². The fraction of sp³-hybridized carbons (Fsp3) is 0.684. The molecule has 22 heavy (non-hydrogen) atoms. The predicted molar refractivity (Wildman–Crippen MR) is 91.7 cm³/mol. The molecule has 0 heterocycles. The van der Waals surface area contributed by atoms with Crippen molar-refractivity contribution in [1.82, 2.24) is 5.32 Å². The summed E-state index contributed by atoms with van der Waals surface area (Å²) in [4.78, 5) is 0. The summed E-state index contributed by atoms with van der Waals surface area (Å²) < 4.78 is 10.6. The van der Waals surface area contributed by atoms with Crippen LogP contribution in [0.4, 0.5) is 0 Å². The first-order valence-electron chi connectivity index (χ1n) is 8.75. The van der Waals surface area contributed by atoms with E-state index in [9.17, 15) is 0 Å². The first kappa shape index (κ1) is 17.1. The SMILES string of the molecule is COc1ccc(CNCCCCC2CCCCC2)cc1OC. The van der Waals surface area contributed by atoms with Crippen molar-refractivity contribution in [3.63, 3.8) is 0 Å². The quantitative estimate of drug-likeness (QED) is 0.679. The molecule has 0 aromatic heterocycles. The summed E-state index contributed by atoms with van der Waals surface area (Å²) in [6.45, 7) is 1.99. The van der Waals surface area contributed by atoms with E-state index in [2.05, 4.69) is 11.4 Å². The maximum atomic E-state index is 5.34. The molecule has 0 amide bonds. The minimum atomic E-state index is 0.790. The van der Waals surface area contributed by atoms with Gasteiger partial charge in [-0.1, -0.05) is 51.0 Å². The van der Waals surface area contributed by atoms with Crippen LogP contribution < -0.4 is 14.8 Å². The number of rotatable bonds is 9. The van der Waals surface area contributed by atoms with Crippen molar-refractivity contribution >= 4 is 0 Å². The molecule has 124 valence electrons. The summed E-state index contributed by atoms with van der Waals surface area (Å²) >= 11 is 0. The molecule has 0 saturated heterocycles. The molecular weight excluding hydrogens is 274 g/mol. The highest BCUT2D eigenvalue weighted by Crippen LogP contribution is 2.28. The van der Waals surface area contributed by atoms with Gasteiger partial charge in [-0.3, -0.25) is 0 Å². The molecule has 0 unspecified atom stereocenters. The third-order valence-corrected chi connectivity index (χ3v) is 4.72. The monoisotopic (exact) mass is 305 g/mol. The summed E-state index contributed by atoms with van der Waals surface area (Å²) in [7, 11) is 3.35. The number of nitrogens with one attached hydrogen (secondary N) is 1. The van der Waals surface area contributed by atoms with Crippen LogP contribution in [0.1, 0.15) is 56.9 Å². The van der Waals surface area contributed by atoms with E-state index in [1.807, 2.05) is 12.1 Å². The van der Waals surface area contributed by atoms with Crippen LogP contribution in [-0.4, -0.2) is 20.8 Å². The number of benzene rings is 1. The lowest BCUT2D eigenvalue weighted by Crippen LogP contribution is -2.15. The molecule has 1 saturated carbocycles. The average Bonchev–Trinajstić information content (AvgIpc) is 2.58. The Bertz CT molecular complexity index is 427. The molecular formula is C19H31NO2. The zero-order chi connectivity index (χ0) is 15.6. The van der Waals surface area contributed by atoms with Gasteiger partial charge in [0.15, 0.2) is 11.5 Å². The second kappa shape index (κ2) is 9.73. The van der Waals surface area contributed by atoms with E-state index in [-0.39, 0.29) is 0 Å². The van der Waals surface area contributed by atoms with Crippen LogP contribution in [0.3, 0.4) is 0 Å². The fourth-order valence-electron chi connectivity index (χ4n) is 3.38. The first-order chi connectivity index (χ1) is 10.8. The Kier molecular flexibility index (Phi) is 7.58. The normalized spacial score (nSPS) is 15.7. The van der Waals surface area contributed by atoms with Gasteiger partial charge < -0.3 is 14.8 Å². The molecule has 2 rings (SSSR count). The first-order valence-corrected chi connectivity index (χ1v) is 8.75. The summed E-state index contributed by atoms with van der Waals surface area (Å²) in [5.41, 5.74) is 1.24. The third-order valence-electron chi connectivity index (χ3n) is 4.72. The van der Waals surface area contributed by atoms with Gasteiger partial charge in [-0.05, 0) is 36.6 Å². The van der Waals surface area contributed by atoms with E-state index in [1.54, 1.807) is 14.2 Å². The lowest BCUT2D eigenvalue weighted by Gasteiger charge is -2.21. The zero-order valence-electron chi connectivity index (χ0n) is 14.2. The predicted octanol–water partition coefficient (Wildman–Crippen LogP) is 4.54. The Balaban J connectivity index is 1.60. The topological polar surface area (TPSA) is 30.5 Å². The smallest absolute Gasteiger partial charge is 0.161 e. The van der Waals surface area contributed by atoms with Gasteiger partial charge in [-0.25, -0.2) is 0 Å². The third kappa shape index (κ3) is 5.53. The second-order valence-corrected chi connectivity index (χ2v) is 6.37. The summed E-state index contributed by atoms with van der Waals surface area (Å²) in [5, 5.41) is 3.53. The van der Waals surface area contributed by atoms with Gasteiger partial charge in [0.05, 0.1) is 14.2 Å². The van der Waals surface area contributed by atoms with E-state index in [4.69, 9.17) is 9.47 Å². The van der Waals surface area contributed by atoms with E-state index in [0.29, 0.717) is 0 Å². The standard InChI is InChI=1S/C19H31NO2/c1-21-18-12-11-17(14-19(18)22-2)15-20-13-7-6-10-16-8-4-3-5-9-16/h11-12,14,16,20H,3-10,13,15H2,1-2H3. The Morgan fingerprint density at radius 3 is 2.50 bits per heavy atom. The van der Waals surface area contributed by atoms with Crippen molar-refractivity contribution in [1.29, 1.82) is 0 Å². The van der Waals surface area contributed by atoms with Gasteiger partial charge in [0.25, 0.3) is 0 Å². The molecule has 3 heteroatoms. The van der Waals surface area contributed by atoms with Gasteiger partial charge in [-0.2, -0.15) is 0 Å². The van der Waals surface area contributed by atoms with Gasteiger partial charge in [0, 0.05) is 6.54 Å². The van der Waals surface area contributed by atoms with Crippen LogP contribution in [-0.2, 0) is 6.54 Å². The van der Waals surface area contributed by atoms with Crippen molar-refractivity contribution in [2.45, 2.75) is 57.9 Å². The molecule has 1 N–H and O–H groups in total. The van der Waals surface area contributed by atoms with E-state index < -0.39 is 0 Å². The molecule has 1 aliphatic carbocycles. The van der Waals surface area contributed by atoms with Crippen molar-refractivity contribution < 1.29 is 9.47 Å². The summed E-state index contributed by atoms with van der Waals surface area (Å²) in [6, 6.07) is 6.11. The number of unbranched alkanes of at least 4 members (excludes halogenated alkanes) is 1. The minimum absolute atomic E-state index is 0.790. The Labute approximate surface area is 135 Å². The maximum absolute atomic E-state index is 5.34. The van der Waals surface area contributed by atoms with Crippen LogP contribution >= 0.6 is 0 Å². The van der Waals surface area contributed by atoms with Crippen LogP contribution in [0, 0.1) is 5.92 Å². The second-order valence-electron chi connectivity index (χ2n) is 6.37. The number of hydrogen-bond donors (Lipinski definition) is 1. The summed E-state index contributed by atoms with van der Waals surface area (Å²) in [6.07, 6.45) is 11.4. The van der Waals surface area contributed by atoms with E-state index in [0.717, 1.165) is 30.5 Å². The van der Waals surface area contributed by atoms with Gasteiger partial charge in [0.1, 0.15) is 0 Å². The highest BCUT2D eigenvalue weighted by Gasteiger charge is 2.12. The van der Waals surface area contributed by atoms with Crippen LogP contribution in [0.2, 0.25) is 0 Å². The highest BCUT2D eigenvalue weighted by atomic mass is 16.5. The van der Waals surface area contributed by atoms with Crippen molar-refractivity contribution in [3.8, 4) is 11.5 Å². The maximum Gasteiger partial charge on any atom is 0.161 e. The molecule has 0 spiro atoms. The number of ether oxygens (including phenoxy) is 2. The van der Waals surface area contributed by atoms with Crippen LogP contribution in [0.25, 0.3) is 0 Å². The van der Waals surface area contributed by atoms with Gasteiger partial charge in [-0.15, -0.1) is 0 Å². The van der Waals surface area contributed by atoms with Gasteiger partial charge >= 0.3 is 0 Å². The number of hydrogen-bond acceptors (Lipinski definition) is 3. The van der Waals surface area contributed by atoms with Crippen molar-refractivity contribution in [2.75, 3.05) is 20.8 Å². The molecule has 0 atom stereocenters. The molecule has 0 bridgehead atoms. The van der Waals surface area contributed by atoms with E-state index >= 15 is 0 Å². The minimum Gasteiger partial charge on any atom is -0.493 e. The lowest BCUT2D eigenvalue weighted by atomic mass is 9.86. The van der Waals surface area contributed by atoms with Crippen LogP contribution in [0.5, 0.6) is 11.5 Å². The molecule has 1 aromatic carbocycles. The van der Waals surface area contributed by atoms with Crippen molar-refractivity contribution in [2.24, 2.45) is 5.92 Å². The number of methoxy groups -OCH3 is 2. The molecule has 1 aromatic rings. The molecule has 3 nitrogen and oxygen atoms in total. The Morgan fingerprint density at radius 1 is 1.00 bits per heavy atom. The molecule has 0 aliphatic heterocycles. The van der Waals surface area contributed by atoms with E-state index in [1.165, 1.54) is 56.9 Å². The molecule has 0 radical (unpaired) electrons. The average molecular weight is 305 g/mol. The Hall–Kier alpha value is -1.22.